The fourth-order valence-electron chi connectivity index (χ4n) is 2.08. The van der Waals surface area contributed by atoms with E-state index in [9.17, 15) is 9.18 Å². The van der Waals surface area contributed by atoms with Crippen molar-refractivity contribution < 1.29 is 23.4 Å². The average Bonchev–Trinajstić information content (AvgIpc) is 3.05. The summed E-state index contributed by atoms with van der Waals surface area (Å²) < 4.78 is 30.2. The molecule has 0 unspecified atom stereocenters. The van der Waals surface area contributed by atoms with Crippen molar-refractivity contribution in [3.05, 3.63) is 42.0 Å². The van der Waals surface area contributed by atoms with Gasteiger partial charge in [0.15, 0.2) is 17.7 Å². The quantitative estimate of drug-likeness (QED) is 0.701. The maximum absolute atomic E-state index is 13.1. The summed E-state index contributed by atoms with van der Waals surface area (Å²) in [5, 5.41) is 6.95. The fourth-order valence-corrected chi connectivity index (χ4v) is 2.08. The largest absolute Gasteiger partial charge is 0.489 e. The van der Waals surface area contributed by atoms with Gasteiger partial charge in [-0.1, -0.05) is 6.92 Å². The molecular weight excluding hydrogens is 329 g/mol. The van der Waals surface area contributed by atoms with Gasteiger partial charge in [-0.3, -0.25) is 4.79 Å². The Bertz CT molecular complexity index is 684. The third-order valence-electron chi connectivity index (χ3n) is 3.40. The van der Waals surface area contributed by atoms with Crippen LogP contribution >= 0.6 is 0 Å². The summed E-state index contributed by atoms with van der Waals surface area (Å²) in [4.78, 5) is 12.4. The lowest BCUT2D eigenvalue weighted by atomic mass is 10.3. The molecule has 0 bridgehead atoms. The molecule has 0 aliphatic rings. The summed E-state index contributed by atoms with van der Waals surface area (Å²) in [6.45, 7) is 2.59. The van der Waals surface area contributed by atoms with Crippen LogP contribution in [0.4, 0.5) is 4.39 Å². The third-order valence-corrected chi connectivity index (χ3v) is 3.40. The highest BCUT2D eigenvalue weighted by Crippen LogP contribution is 2.20. The van der Waals surface area contributed by atoms with Crippen molar-refractivity contribution in [2.45, 2.75) is 19.6 Å². The highest BCUT2D eigenvalue weighted by Gasteiger charge is 2.20. The number of benzene rings is 1. The van der Waals surface area contributed by atoms with E-state index in [4.69, 9.17) is 14.2 Å². The molecule has 1 amide bonds. The molecule has 0 radical (unpaired) electrons. The van der Waals surface area contributed by atoms with Gasteiger partial charge in [-0.15, -0.1) is 0 Å². The first-order valence-corrected chi connectivity index (χ1v) is 7.91. The van der Waals surface area contributed by atoms with Crippen molar-refractivity contribution in [1.82, 2.24) is 15.1 Å². The number of carbonyl (C=O) groups is 1. The van der Waals surface area contributed by atoms with Gasteiger partial charge in [-0.2, -0.15) is 5.10 Å². The Morgan fingerprint density at radius 1 is 1.28 bits per heavy atom. The molecule has 25 heavy (non-hydrogen) atoms. The topological polar surface area (TPSA) is 74.6 Å². The molecular formula is C17H22FN3O4. The number of methoxy groups -OCH3 is 2. The highest BCUT2D eigenvalue weighted by atomic mass is 19.1. The smallest absolute Gasteiger partial charge is 0.275 e. The Hall–Kier alpha value is -2.45. The first kappa shape index (κ1) is 18.9. The molecule has 1 heterocycles. The molecule has 2 aromatic rings. The number of hydrogen-bond donors (Lipinski definition) is 1. The first-order valence-electron chi connectivity index (χ1n) is 7.91. The zero-order valence-electron chi connectivity index (χ0n) is 14.5. The van der Waals surface area contributed by atoms with E-state index < -0.39 is 12.2 Å². The van der Waals surface area contributed by atoms with Gasteiger partial charge in [0.1, 0.15) is 5.82 Å². The second kappa shape index (κ2) is 9.14. The predicted molar refractivity (Wildman–Crippen MR) is 89.4 cm³/mol. The lowest BCUT2D eigenvalue weighted by molar-refractivity contribution is -0.0974. The molecule has 0 saturated heterocycles. The molecule has 1 aromatic heterocycles. The minimum atomic E-state index is -0.553. The molecule has 1 aromatic carbocycles. The van der Waals surface area contributed by atoms with Crippen molar-refractivity contribution in [2.75, 3.05) is 27.4 Å². The second-order valence-electron chi connectivity index (χ2n) is 5.22. The minimum Gasteiger partial charge on any atom is -0.489 e. The van der Waals surface area contributed by atoms with Gasteiger partial charge in [0.25, 0.3) is 5.91 Å². The van der Waals surface area contributed by atoms with Crippen molar-refractivity contribution >= 4 is 5.91 Å². The summed E-state index contributed by atoms with van der Waals surface area (Å²) in [6, 6.07) is 5.79. The molecule has 136 valence electrons. The van der Waals surface area contributed by atoms with Crippen LogP contribution in [0.1, 0.15) is 23.8 Å². The number of nitrogens with zero attached hydrogens (tertiary/aromatic N) is 2. The van der Waals surface area contributed by atoms with Crippen LogP contribution in [-0.2, 0) is 9.47 Å². The van der Waals surface area contributed by atoms with Crippen LogP contribution in [0.3, 0.4) is 0 Å². The van der Waals surface area contributed by atoms with Gasteiger partial charge in [-0.05, 0) is 30.7 Å². The second-order valence-corrected chi connectivity index (χ2v) is 5.22. The molecule has 0 fully saturated rings. The van der Waals surface area contributed by atoms with Crippen LogP contribution in [0.5, 0.6) is 5.75 Å². The third kappa shape index (κ3) is 5.01. The van der Waals surface area contributed by atoms with E-state index >= 15 is 0 Å². The van der Waals surface area contributed by atoms with Crippen LogP contribution in [0.25, 0.3) is 5.69 Å². The average molecular weight is 351 g/mol. The Morgan fingerprint density at radius 3 is 2.56 bits per heavy atom. The molecule has 0 aliphatic carbocycles. The van der Waals surface area contributed by atoms with Gasteiger partial charge >= 0.3 is 0 Å². The fraction of sp³-hybridized carbons (Fsp3) is 0.412. The van der Waals surface area contributed by atoms with Crippen LogP contribution in [-0.4, -0.2) is 49.3 Å². The van der Waals surface area contributed by atoms with E-state index in [-0.39, 0.29) is 18.1 Å². The summed E-state index contributed by atoms with van der Waals surface area (Å²) in [6.07, 6.45) is 1.84. The predicted octanol–water partition coefficient (Wildman–Crippen LogP) is 2.15. The minimum absolute atomic E-state index is 0.142. The Morgan fingerprint density at radius 2 is 1.96 bits per heavy atom. The molecule has 1 N–H and O–H groups in total. The summed E-state index contributed by atoms with van der Waals surface area (Å²) in [5.41, 5.74) is 0.761. The van der Waals surface area contributed by atoms with Crippen molar-refractivity contribution in [1.29, 1.82) is 0 Å². The van der Waals surface area contributed by atoms with Gasteiger partial charge in [-0.25, -0.2) is 9.07 Å². The Labute approximate surface area is 145 Å². The van der Waals surface area contributed by atoms with E-state index in [1.54, 1.807) is 18.3 Å². The molecule has 0 aliphatic heterocycles. The van der Waals surface area contributed by atoms with Crippen molar-refractivity contribution in [3.63, 3.8) is 0 Å². The number of nitrogens with one attached hydrogen (secondary N) is 1. The molecule has 0 atom stereocenters. The summed E-state index contributed by atoms with van der Waals surface area (Å²) in [7, 11) is 2.97. The van der Waals surface area contributed by atoms with Crippen LogP contribution < -0.4 is 10.1 Å². The number of halogens is 1. The number of amides is 1. The van der Waals surface area contributed by atoms with Crippen LogP contribution in [0.15, 0.2) is 30.5 Å². The Kier molecular flexibility index (Phi) is 6.91. The van der Waals surface area contributed by atoms with Crippen molar-refractivity contribution in [2.24, 2.45) is 0 Å². The monoisotopic (exact) mass is 351 g/mol. The number of aromatic nitrogens is 2. The first-order chi connectivity index (χ1) is 12.1. The van der Waals surface area contributed by atoms with E-state index in [0.29, 0.717) is 18.0 Å². The Balaban J connectivity index is 2.22. The van der Waals surface area contributed by atoms with Crippen LogP contribution in [0.2, 0.25) is 0 Å². The standard InChI is InChI=1S/C17H22FN3O4/c1-4-9-25-14-11-21(13-7-5-12(18)6-8-13)20-16(14)17(22)19-10-15(23-2)24-3/h5-8,11,15H,4,9-10H2,1-3H3,(H,19,22). The number of hydrogen-bond acceptors (Lipinski definition) is 5. The molecule has 2 rings (SSSR count). The van der Waals surface area contributed by atoms with Crippen molar-refractivity contribution in [3.8, 4) is 11.4 Å². The molecule has 8 heteroatoms. The lowest BCUT2D eigenvalue weighted by Gasteiger charge is -2.13. The van der Waals surface area contributed by atoms with Gasteiger partial charge in [0.05, 0.1) is 25.0 Å². The maximum Gasteiger partial charge on any atom is 0.275 e. The van der Waals surface area contributed by atoms with E-state index in [1.807, 2.05) is 6.92 Å². The van der Waals surface area contributed by atoms with E-state index in [2.05, 4.69) is 10.4 Å². The van der Waals surface area contributed by atoms with Gasteiger partial charge in [0, 0.05) is 14.2 Å². The number of carbonyl (C=O) groups excluding carboxylic acids is 1. The van der Waals surface area contributed by atoms with E-state index in [0.717, 1.165) is 6.42 Å². The molecule has 0 spiro atoms. The SMILES string of the molecule is CCCOc1cn(-c2ccc(F)cc2)nc1C(=O)NCC(OC)OC. The summed E-state index contributed by atoms with van der Waals surface area (Å²) in [5.74, 6) is -0.400. The van der Waals surface area contributed by atoms with Crippen LogP contribution in [0, 0.1) is 5.82 Å². The number of ether oxygens (including phenoxy) is 3. The lowest BCUT2D eigenvalue weighted by Crippen LogP contribution is -2.34. The zero-order chi connectivity index (χ0) is 18.2. The van der Waals surface area contributed by atoms with E-state index in [1.165, 1.54) is 31.0 Å². The summed E-state index contributed by atoms with van der Waals surface area (Å²) >= 11 is 0. The number of rotatable bonds is 9. The maximum atomic E-state index is 13.1. The highest BCUT2D eigenvalue weighted by molar-refractivity contribution is 5.94. The molecule has 7 nitrogen and oxygen atoms in total. The normalized spacial score (nSPS) is 10.9. The van der Waals surface area contributed by atoms with Gasteiger partial charge < -0.3 is 19.5 Å². The van der Waals surface area contributed by atoms with Gasteiger partial charge in [0.2, 0.25) is 0 Å². The zero-order valence-corrected chi connectivity index (χ0v) is 14.5. The molecule has 0 saturated carbocycles.